The summed E-state index contributed by atoms with van der Waals surface area (Å²) < 4.78 is 32.4. The van der Waals surface area contributed by atoms with E-state index in [9.17, 15) is 28.3 Å². The first kappa shape index (κ1) is 28.0. The second-order valence-electron chi connectivity index (χ2n) is 10.0. The third-order valence-corrected chi connectivity index (χ3v) is 7.15. The monoisotopic (exact) mass is 538 g/mol. The maximum absolute atomic E-state index is 13.6. The molecule has 1 unspecified atom stereocenters. The lowest BCUT2D eigenvalue weighted by Gasteiger charge is -2.30. The molecule has 3 aromatic carbocycles. The molecule has 2 amide bonds. The second-order valence-corrected chi connectivity index (χ2v) is 10.0. The molecule has 2 atom stereocenters. The van der Waals surface area contributed by atoms with Crippen molar-refractivity contribution in [3.8, 4) is 0 Å². The number of ether oxygens (including phenoxy) is 1. The zero-order valence-corrected chi connectivity index (χ0v) is 21.4. The molecule has 3 aromatic rings. The summed E-state index contributed by atoms with van der Waals surface area (Å²) in [5.74, 6) is -4.91. The van der Waals surface area contributed by atoms with Crippen LogP contribution in [0, 0.1) is 5.92 Å². The number of carbonyl (C=O) groups excluding carboxylic acids is 2. The Kier molecular flexibility index (Phi) is 9.11. The molecule has 0 bridgehead atoms. The molecule has 0 spiro atoms. The Hall–Kier alpha value is -4.01. The molecule has 3 N–H and O–H groups in total. The highest BCUT2D eigenvalue weighted by Gasteiger charge is 2.37. The Balaban J connectivity index is 1.48. The van der Waals surface area contributed by atoms with Gasteiger partial charge in [0, 0.05) is 19.3 Å². The Labute approximate surface area is 225 Å². The van der Waals surface area contributed by atoms with Crippen molar-refractivity contribution in [3.63, 3.8) is 0 Å². The average Bonchev–Trinajstić information content (AvgIpc) is 2.93. The van der Waals surface area contributed by atoms with E-state index in [1.807, 2.05) is 60.7 Å². The maximum atomic E-state index is 13.6. The molecule has 1 aliphatic rings. The first-order valence-electron chi connectivity index (χ1n) is 13.0. The van der Waals surface area contributed by atoms with Crippen molar-refractivity contribution in [3.05, 3.63) is 83.9 Å². The number of benzene rings is 3. The largest absolute Gasteiger partial charge is 0.480 e. The quantitative estimate of drug-likeness (QED) is 0.318. The van der Waals surface area contributed by atoms with E-state index in [-0.39, 0.29) is 51.0 Å². The minimum absolute atomic E-state index is 0.000650. The highest BCUT2D eigenvalue weighted by Crippen LogP contribution is 2.37. The van der Waals surface area contributed by atoms with Crippen molar-refractivity contribution in [1.82, 2.24) is 10.6 Å². The van der Waals surface area contributed by atoms with Crippen molar-refractivity contribution in [2.24, 2.45) is 5.92 Å². The number of hydrogen-bond donors (Lipinski definition) is 3. The van der Waals surface area contributed by atoms with Crippen LogP contribution < -0.4 is 10.6 Å². The van der Waals surface area contributed by atoms with Crippen LogP contribution in [0.4, 0.5) is 13.6 Å². The first-order chi connectivity index (χ1) is 18.7. The van der Waals surface area contributed by atoms with Gasteiger partial charge in [0.2, 0.25) is 11.8 Å². The van der Waals surface area contributed by atoms with Gasteiger partial charge >= 0.3 is 12.1 Å². The summed E-state index contributed by atoms with van der Waals surface area (Å²) in [7, 11) is 0. The van der Waals surface area contributed by atoms with Gasteiger partial charge < -0.3 is 20.5 Å². The van der Waals surface area contributed by atoms with Crippen molar-refractivity contribution in [1.29, 1.82) is 0 Å². The minimum Gasteiger partial charge on any atom is -0.480 e. The number of carboxylic acids is 1. The third kappa shape index (κ3) is 7.99. The van der Waals surface area contributed by atoms with Gasteiger partial charge in [0.05, 0.1) is 0 Å². The zero-order valence-electron chi connectivity index (χ0n) is 21.4. The van der Waals surface area contributed by atoms with Crippen LogP contribution in [0.1, 0.15) is 43.2 Å². The first-order valence-corrected chi connectivity index (χ1v) is 13.0. The fourth-order valence-corrected chi connectivity index (χ4v) is 4.97. The van der Waals surface area contributed by atoms with Gasteiger partial charge in [-0.15, -0.1) is 0 Å². The molecular formula is C30H32F2N2O5. The number of fused-ring (bicyclic) bond motifs is 1. The van der Waals surface area contributed by atoms with Gasteiger partial charge in [-0.3, -0.25) is 4.79 Å². The number of nitrogens with one attached hydrogen (secondary N) is 2. The number of alkyl carbamates (subject to hydrolysis) is 1. The molecule has 1 fully saturated rings. The van der Waals surface area contributed by atoms with Crippen LogP contribution in [-0.2, 0) is 27.4 Å². The minimum atomic E-state index is -2.73. The summed E-state index contributed by atoms with van der Waals surface area (Å²) in [4.78, 5) is 38.1. The van der Waals surface area contributed by atoms with Crippen LogP contribution in [-0.4, -0.2) is 41.1 Å². The van der Waals surface area contributed by atoms with Gasteiger partial charge in [-0.1, -0.05) is 72.8 Å². The van der Waals surface area contributed by atoms with E-state index in [1.165, 1.54) is 0 Å². The van der Waals surface area contributed by atoms with E-state index in [0.717, 1.165) is 21.9 Å². The number of halogens is 2. The molecule has 0 radical (unpaired) electrons. The van der Waals surface area contributed by atoms with Gasteiger partial charge in [-0.05, 0) is 47.1 Å². The maximum Gasteiger partial charge on any atom is 0.408 e. The van der Waals surface area contributed by atoms with Crippen LogP contribution >= 0.6 is 0 Å². The molecule has 0 saturated heterocycles. The van der Waals surface area contributed by atoms with Gasteiger partial charge in [0.15, 0.2) is 0 Å². The van der Waals surface area contributed by atoms with E-state index in [4.69, 9.17) is 4.74 Å². The normalized spacial score (nSPS) is 16.7. The highest BCUT2D eigenvalue weighted by molar-refractivity contribution is 5.91. The number of rotatable bonds is 10. The van der Waals surface area contributed by atoms with E-state index >= 15 is 0 Å². The zero-order chi connectivity index (χ0) is 27.8. The second kappa shape index (κ2) is 12.7. The van der Waals surface area contributed by atoms with Crippen LogP contribution in [0.3, 0.4) is 0 Å². The van der Waals surface area contributed by atoms with Crippen LogP contribution in [0.2, 0.25) is 0 Å². The predicted octanol–water partition coefficient (Wildman–Crippen LogP) is 5.46. The number of amides is 2. The predicted molar refractivity (Wildman–Crippen MR) is 142 cm³/mol. The molecule has 1 saturated carbocycles. The van der Waals surface area contributed by atoms with Crippen LogP contribution in [0.15, 0.2) is 72.8 Å². The summed E-state index contributed by atoms with van der Waals surface area (Å²) in [5, 5.41) is 16.8. The lowest BCUT2D eigenvalue weighted by atomic mass is 9.83. The van der Waals surface area contributed by atoms with E-state index < -0.39 is 36.0 Å². The topological polar surface area (TPSA) is 105 Å². The highest BCUT2D eigenvalue weighted by atomic mass is 19.3. The van der Waals surface area contributed by atoms with Crippen LogP contribution in [0.5, 0.6) is 0 Å². The number of carboxylic acid groups (broad SMARTS) is 1. The lowest BCUT2D eigenvalue weighted by molar-refractivity contribution is -0.143. The Morgan fingerprint density at radius 1 is 0.897 bits per heavy atom. The number of aliphatic carboxylic acids is 1. The molecule has 9 heteroatoms. The number of alkyl halides is 2. The lowest BCUT2D eigenvalue weighted by Crippen LogP contribution is -2.53. The summed E-state index contributed by atoms with van der Waals surface area (Å²) in [6, 6.07) is 19.9. The van der Waals surface area contributed by atoms with Gasteiger partial charge in [0.1, 0.15) is 18.7 Å². The fourth-order valence-electron chi connectivity index (χ4n) is 4.97. The Morgan fingerprint density at radius 2 is 1.56 bits per heavy atom. The standard InChI is InChI=1S/C30H32F2N2O5/c31-30(32)15-13-20(14-16-30)17-26(28(36)37)33-27(35)25(34-29(38)39-19-21-7-2-1-3-8-21)18-23-11-6-10-22-9-4-5-12-24(22)23/h1-12,20,25-26H,13-19H2,(H,33,35)(H,34,38)(H,36,37)/t25-,26?/m0/s1. The third-order valence-electron chi connectivity index (χ3n) is 7.15. The summed E-state index contributed by atoms with van der Waals surface area (Å²) in [5.41, 5.74) is 1.56. The number of carbonyl (C=O) groups is 3. The van der Waals surface area contributed by atoms with Crippen molar-refractivity contribution in [2.75, 3.05) is 0 Å². The van der Waals surface area contributed by atoms with E-state index in [2.05, 4.69) is 10.6 Å². The van der Waals surface area contributed by atoms with E-state index in [0.29, 0.717) is 0 Å². The summed E-state index contributed by atoms with van der Waals surface area (Å²) in [6.45, 7) is -0.000650. The fraction of sp³-hybridized carbons (Fsp3) is 0.367. The molecule has 39 heavy (non-hydrogen) atoms. The Morgan fingerprint density at radius 3 is 2.28 bits per heavy atom. The van der Waals surface area contributed by atoms with E-state index in [1.54, 1.807) is 12.1 Å². The van der Waals surface area contributed by atoms with Crippen LogP contribution in [0.25, 0.3) is 10.8 Å². The molecular weight excluding hydrogens is 506 g/mol. The van der Waals surface area contributed by atoms with Gasteiger partial charge in [0.25, 0.3) is 0 Å². The molecule has 0 aliphatic heterocycles. The molecule has 0 aromatic heterocycles. The van der Waals surface area contributed by atoms with Crippen molar-refractivity contribution >= 4 is 28.7 Å². The smallest absolute Gasteiger partial charge is 0.408 e. The van der Waals surface area contributed by atoms with Gasteiger partial charge in [-0.2, -0.15) is 0 Å². The van der Waals surface area contributed by atoms with Crippen molar-refractivity contribution in [2.45, 2.75) is 63.1 Å². The molecule has 1 aliphatic carbocycles. The number of hydrogen-bond acceptors (Lipinski definition) is 4. The van der Waals surface area contributed by atoms with Gasteiger partial charge in [-0.25, -0.2) is 18.4 Å². The Bertz CT molecular complexity index is 1290. The molecule has 206 valence electrons. The summed E-state index contributed by atoms with van der Waals surface area (Å²) >= 11 is 0. The SMILES string of the molecule is O=C(N[C@@H](Cc1cccc2ccccc12)C(=O)NC(CC1CCC(F)(F)CC1)C(=O)O)OCc1ccccc1. The molecule has 7 nitrogen and oxygen atoms in total. The van der Waals surface area contributed by atoms with Crippen molar-refractivity contribution < 1.29 is 33.0 Å². The molecule has 0 heterocycles. The molecule has 4 rings (SSSR count). The average molecular weight is 539 g/mol. The summed E-state index contributed by atoms with van der Waals surface area (Å²) in [6.07, 6.45) is -0.897.